The van der Waals surface area contributed by atoms with E-state index in [1.54, 1.807) is 6.20 Å². The van der Waals surface area contributed by atoms with Crippen LogP contribution in [0, 0.1) is 17.8 Å². The fraction of sp³-hybridized carbons (Fsp3) is 0.438. The Balaban J connectivity index is 1.29. The molecule has 1 aliphatic carbocycles. The number of allylic oxidation sites excluding steroid dienone is 3. The molecule has 0 bridgehead atoms. The van der Waals surface area contributed by atoms with E-state index in [4.69, 9.17) is 11.6 Å². The van der Waals surface area contributed by atoms with E-state index in [9.17, 15) is 4.79 Å². The average Bonchev–Trinajstić information content (AvgIpc) is 3.29. The number of hydrogen-bond donors (Lipinski definition) is 2. The first-order valence-electron chi connectivity index (χ1n) is 14.3. The highest BCUT2D eigenvalue weighted by Gasteiger charge is 2.21. The number of carbonyl (C=O) groups is 1. The third-order valence-corrected chi connectivity index (χ3v) is 8.35. The summed E-state index contributed by atoms with van der Waals surface area (Å²) in [5.41, 5.74) is 5.02. The van der Waals surface area contributed by atoms with E-state index in [2.05, 4.69) is 58.2 Å². The summed E-state index contributed by atoms with van der Waals surface area (Å²) in [6.45, 7) is 6.76. The molecular formula is C32H38ClN5O. The second-order valence-corrected chi connectivity index (χ2v) is 11.6. The van der Waals surface area contributed by atoms with Crippen molar-refractivity contribution < 1.29 is 4.79 Å². The monoisotopic (exact) mass is 543 g/mol. The lowest BCUT2D eigenvalue weighted by molar-refractivity contribution is 0.0988. The van der Waals surface area contributed by atoms with Crippen molar-refractivity contribution in [3.8, 4) is 0 Å². The van der Waals surface area contributed by atoms with Gasteiger partial charge < -0.3 is 10.3 Å². The molecule has 7 heteroatoms. The van der Waals surface area contributed by atoms with Crippen LogP contribution >= 0.6 is 11.6 Å². The average molecular weight is 544 g/mol. The highest BCUT2D eigenvalue weighted by atomic mass is 35.5. The number of benzene rings is 1. The molecule has 2 aromatic heterocycles. The van der Waals surface area contributed by atoms with Crippen LogP contribution < -0.4 is 5.32 Å². The lowest BCUT2D eigenvalue weighted by Gasteiger charge is -2.20. The fourth-order valence-electron chi connectivity index (χ4n) is 5.53. The molecule has 2 aliphatic rings. The molecule has 1 aromatic carbocycles. The molecule has 2 N–H and O–H groups in total. The zero-order valence-corrected chi connectivity index (χ0v) is 23.9. The van der Waals surface area contributed by atoms with Gasteiger partial charge in [-0.1, -0.05) is 62.9 Å². The van der Waals surface area contributed by atoms with Crippen LogP contribution in [-0.2, 0) is 0 Å². The lowest BCUT2D eigenvalue weighted by Crippen LogP contribution is -2.09. The number of rotatable bonds is 9. The van der Waals surface area contributed by atoms with Crippen molar-refractivity contribution in [2.24, 2.45) is 22.7 Å². The summed E-state index contributed by atoms with van der Waals surface area (Å²) < 4.78 is 0. The highest BCUT2D eigenvalue weighted by molar-refractivity contribution is 6.35. The summed E-state index contributed by atoms with van der Waals surface area (Å²) >= 11 is 6.64. The number of Topliss-reactive ketones (excluding diaryl/α,β-unsaturated/α-hetero) is 1. The van der Waals surface area contributed by atoms with Crippen LogP contribution in [0.25, 0.3) is 16.6 Å². The molecule has 3 heterocycles. The Morgan fingerprint density at radius 1 is 1.18 bits per heavy atom. The molecule has 0 fully saturated rings. The third kappa shape index (κ3) is 6.67. The normalized spacial score (nSPS) is 21.4. The van der Waals surface area contributed by atoms with Gasteiger partial charge in [0.25, 0.3) is 0 Å². The van der Waals surface area contributed by atoms with Crippen molar-refractivity contribution >= 4 is 51.8 Å². The number of fused-ring (bicyclic) bond motifs is 1. The maximum absolute atomic E-state index is 13.3. The minimum absolute atomic E-state index is 0.106. The number of H-pyrrole nitrogens is 1. The van der Waals surface area contributed by atoms with Crippen LogP contribution in [0.2, 0.25) is 5.02 Å². The number of ketones is 1. The van der Waals surface area contributed by atoms with Gasteiger partial charge in [0.2, 0.25) is 5.95 Å². The Morgan fingerprint density at radius 2 is 2.05 bits per heavy atom. The quantitative estimate of drug-likeness (QED) is 0.208. The minimum Gasteiger partial charge on any atom is -0.351 e. The molecule has 0 amide bonds. The van der Waals surface area contributed by atoms with Gasteiger partial charge in [-0.05, 0) is 74.1 Å². The van der Waals surface area contributed by atoms with Gasteiger partial charge in [0, 0.05) is 29.9 Å². The van der Waals surface area contributed by atoms with Crippen molar-refractivity contribution in [3.05, 3.63) is 64.6 Å². The van der Waals surface area contributed by atoms with Gasteiger partial charge in [0.15, 0.2) is 5.78 Å². The number of nitrogens with one attached hydrogen (secondary N) is 2. The van der Waals surface area contributed by atoms with Crippen molar-refractivity contribution in [3.63, 3.8) is 0 Å². The van der Waals surface area contributed by atoms with Crippen LogP contribution in [0.15, 0.2) is 53.2 Å². The molecule has 1 aliphatic heterocycles. The summed E-state index contributed by atoms with van der Waals surface area (Å²) in [6.07, 6.45) is 16.6. The molecule has 0 radical (unpaired) electrons. The van der Waals surface area contributed by atoms with Crippen LogP contribution in [0.1, 0.15) is 88.3 Å². The van der Waals surface area contributed by atoms with Gasteiger partial charge in [-0.2, -0.15) is 0 Å². The predicted molar refractivity (Wildman–Crippen MR) is 162 cm³/mol. The third-order valence-electron chi connectivity index (χ3n) is 8.06. The van der Waals surface area contributed by atoms with E-state index in [0.717, 1.165) is 59.6 Å². The standard InChI is InChI=1S/C32H38ClN5O/c1-4-5-6-23-11-10-22(9-8-21(23)3)15-30(39)29-17-24-16-25(18-26(33)31(24)37-29)36-32-34-14-13-28(38-32)27-12-7-20(2)19-35-27/h10,12-14,16-21,23,37H,4-9,11,15H2,1-3H3,(H,34,36,38). The topological polar surface area (TPSA) is 83.0 Å². The van der Waals surface area contributed by atoms with Crippen LogP contribution in [0.4, 0.5) is 11.6 Å². The molecule has 3 aromatic rings. The molecule has 39 heavy (non-hydrogen) atoms. The maximum Gasteiger partial charge on any atom is 0.227 e. The van der Waals surface area contributed by atoms with E-state index in [1.165, 1.54) is 24.8 Å². The predicted octanol–water partition coefficient (Wildman–Crippen LogP) is 8.93. The van der Waals surface area contributed by atoms with E-state index < -0.39 is 0 Å². The van der Waals surface area contributed by atoms with Crippen LogP contribution in [0.3, 0.4) is 0 Å². The number of nitrogens with zero attached hydrogens (tertiary/aromatic N) is 3. The fourth-order valence-corrected chi connectivity index (χ4v) is 5.81. The Hall–Kier alpha value is -3.25. The number of halogens is 1. The Morgan fingerprint density at radius 3 is 2.85 bits per heavy atom. The first kappa shape index (κ1) is 27.3. The summed E-state index contributed by atoms with van der Waals surface area (Å²) in [6, 6.07) is 7.56. The van der Waals surface area contributed by atoms with E-state index >= 15 is 0 Å². The van der Waals surface area contributed by atoms with E-state index in [-0.39, 0.29) is 5.78 Å². The van der Waals surface area contributed by atoms with Gasteiger partial charge in [0.1, 0.15) is 0 Å². The van der Waals surface area contributed by atoms with Crippen LogP contribution in [-0.4, -0.2) is 26.9 Å². The second kappa shape index (κ2) is 12.3. The molecule has 3 atom stereocenters. The number of anilines is 2. The summed E-state index contributed by atoms with van der Waals surface area (Å²) in [5, 5.41) is 4.68. The first-order chi connectivity index (χ1) is 18.9. The summed E-state index contributed by atoms with van der Waals surface area (Å²) in [4.78, 5) is 30.1. The minimum atomic E-state index is 0.106. The Bertz CT molecular complexity index is 1440. The van der Waals surface area contributed by atoms with E-state index in [0.29, 0.717) is 34.9 Å². The maximum atomic E-state index is 13.3. The number of hydrogen-bond acceptors (Lipinski definition) is 5. The molecule has 0 saturated heterocycles. The Labute approximate surface area is 236 Å². The molecule has 204 valence electrons. The number of unbranched alkanes of at least 4 members (excludes halogenated alkanes) is 1. The van der Waals surface area contributed by atoms with Crippen molar-refractivity contribution in [1.82, 2.24) is 15.0 Å². The van der Waals surface area contributed by atoms with Crippen LogP contribution in [0.5, 0.6) is 0 Å². The number of aromatic nitrogens is 3. The SMILES string of the molecule is CCCCC1CC=C(CC(=O)c2cc3cc(Nc4nccc(C5=CCC(C)C=N5)n4)cc(Cl)c3[nH]2)CCC1C. The molecule has 5 rings (SSSR count). The first-order valence-corrected chi connectivity index (χ1v) is 14.7. The Kier molecular flexibility index (Phi) is 8.61. The summed E-state index contributed by atoms with van der Waals surface area (Å²) in [5.74, 6) is 2.45. The lowest BCUT2D eigenvalue weighted by atomic mass is 9.85. The van der Waals surface area contributed by atoms with Crippen molar-refractivity contribution in [1.29, 1.82) is 0 Å². The smallest absolute Gasteiger partial charge is 0.227 e. The number of aliphatic imine (C=N–C) groups is 1. The molecular weight excluding hydrogens is 506 g/mol. The second-order valence-electron chi connectivity index (χ2n) is 11.2. The number of carbonyl (C=O) groups excluding carboxylic acids is 1. The zero-order valence-electron chi connectivity index (χ0n) is 23.1. The van der Waals surface area contributed by atoms with Crippen molar-refractivity contribution in [2.75, 3.05) is 5.32 Å². The van der Waals surface area contributed by atoms with Gasteiger partial charge in [-0.15, -0.1) is 0 Å². The summed E-state index contributed by atoms with van der Waals surface area (Å²) in [7, 11) is 0. The largest absolute Gasteiger partial charge is 0.351 e. The van der Waals surface area contributed by atoms with E-state index in [1.807, 2.05) is 30.5 Å². The van der Waals surface area contributed by atoms with Gasteiger partial charge in [-0.3, -0.25) is 9.79 Å². The highest BCUT2D eigenvalue weighted by Crippen LogP contribution is 2.34. The molecule has 6 nitrogen and oxygen atoms in total. The van der Waals surface area contributed by atoms with Gasteiger partial charge in [-0.25, -0.2) is 9.97 Å². The van der Waals surface area contributed by atoms with Crippen molar-refractivity contribution in [2.45, 2.75) is 72.1 Å². The molecule has 0 saturated carbocycles. The number of aromatic amines is 1. The van der Waals surface area contributed by atoms with Gasteiger partial charge >= 0.3 is 0 Å². The molecule has 0 spiro atoms. The van der Waals surface area contributed by atoms with Gasteiger partial charge in [0.05, 0.1) is 27.6 Å². The molecule has 3 unspecified atom stereocenters. The zero-order chi connectivity index (χ0) is 27.4.